The molecule has 0 saturated carbocycles. The van der Waals surface area contributed by atoms with E-state index in [4.69, 9.17) is 4.74 Å². The van der Waals surface area contributed by atoms with E-state index in [1.54, 1.807) is 0 Å². The lowest BCUT2D eigenvalue weighted by Crippen LogP contribution is -2.30. The first kappa shape index (κ1) is 13.1. The van der Waals surface area contributed by atoms with Crippen molar-refractivity contribution >= 4 is 33.3 Å². The van der Waals surface area contributed by atoms with Crippen LogP contribution in [0.1, 0.15) is 5.56 Å². The van der Waals surface area contributed by atoms with Crippen LogP contribution in [0, 0.1) is 5.92 Å². The van der Waals surface area contributed by atoms with Crippen LogP contribution in [-0.4, -0.2) is 24.6 Å². The number of methoxy groups -OCH3 is 1. The Bertz CT molecular complexity index is 889. The molecule has 4 rings (SSSR count). The largest absolute Gasteiger partial charge is 0.469 e. The molecule has 0 spiro atoms. The highest BCUT2D eigenvalue weighted by atomic mass is 16.5. The van der Waals surface area contributed by atoms with E-state index in [1.807, 2.05) is 18.3 Å². The first-order valence-electron chi connectivity index (χ1n) is 7.38. The van der Waals surface area contributed by atoms with E-state index in [9.17, 15) is 4.79 Å². The maximum Gasteiger partial charge on any atom is 0.310 e. The maximum absolute atomic E-state index is 11.8. The molecule has 1 aromatic heterocycles. The Labute approximate surface area is 128 Å². The summed E-state index contributed by atoms with van der Waals surface area (Å²) >= 11 is 0. The van der Waals surface area contributed by atoms with Crippen LogP contribution < -0.4 is 5.32 Å². The van der Waals surface area contributed by atoms with Crippen LogP contribution in [0.15, 0.2) is 42.6 Å². The summed E-state index contributed by atoms with van der Waals surface area (Å²) in [7, 11) is 1.44. The summed E-state index contributed by atoms with van der Waals surface area (Å²) in [6.45, 7) is 0.607. The smallest absolute Gasteiger partial charge is 0.310 e. The standard InChI is InChI=1S/C18H16N2O2/c1-22-18(21)14-7-13-4-2-3-11-9-16-12(5-6-19-16)8-15(11)17(13)20-10-14/h2-6,8-9,14,20H,7,10H2,1H3. The number of fused-ring (bicyclic) bond motifs is 4. The van der Waals surface area contributed by atoms with Gasteiger partial charge in [-0.2, -0.15) is 0 Å². The van der Waals surface area contributed by atoms with Crippen molar-refractivity contribution in [3.8, 4) is 0 Å². The van der Waals surface area contributed by atoms with Gasteiger partial charge in [0.05, 0.1) is 18.5 Å². The third-order valence-corrected chi connectivity index (χ3v) is 4.36. The van der Waals surface area contributed by atoms with Crippen molar-refractivity contribution in [1.29, 1.82) is 0 Å². The average Bonchev–Trinajstić information content (AvgIpc) is 2.93. The second-order valence-corrected chi connectivity index (χ2v) is 5.67. The predicted octanol–water partition coefficient (Wildman–Crippen LogP) is 3.15. The maximum atomic E-state index is 11.8. The van der Waals surface area contributed by atoms with Gasteiger partial charge >= 0.3 is 5.97 Å². The van der Waals surface area contributed by atoms with E-state index in [1.165, 1.54) is 12.5 Å². The summed E-state index contributed by atoms with van der Waals surface area (Å²) in [6, 6.07) is 12.5. The van der Waals surface area contributed by atoms with Crippen molar-refractivity contribution < 1.29 is 9.53 Å². The number of hydrogen-bond acceptors (Lipinski definition) is 4. The molecule has 4 heteroatoms. The fraction of sp³-hybridized carbons (Fsp3) is 0.222. The van der Waals surface area contributed by atoms with Crippen molar-refractivity contribution in [3.05, 3.63) is 48.2 Å². The van der Waals surface area contributed by atoms with Gasteiger partial charge in [-0.25, -0.2) is 0 Å². The number of rotatable bonds is 1. The van der Waals surface area contributed by atoms with Gasteiger partial charge in [-0.05, 0) is 35.6 Å². The first-order chi connectivity index (χ1) is 10.8. The topological polar surface area (TPSA) is 51.2 Å². The Morgan fingerprint density at radius 1 is 1.27 bits per heavy atom. The molecule has 110 valence electrons. The van der Waals surface area contributed by atoms with Crippen LogP contribution >= 0.6 is 0 Å². The fourth-order valence-electron chi connectivity index (χ4n) is 3.22. The molecule has 2 aromatic carbocycles. The van der Waals surface area contributed by atoms with E-state index < -0.39 is 0 Å². The number of benzene rings is 1. The zero-order valence-corrected chi connectivity index (χ0v) is 12.3. The van der Waals surface area contributed by atoms with Gasteiger partial charge in [0.2, 0.25) is 0 Å². The van der Waals surface area contributed by atoms with Crippen LogP contribution in [0.5, 0.6) is 0 Å². The molecule has 0 aliphatic carbocycles. The molecule has 4 nitrogen and oxygen atoms in total. The van der Waals surface area contributed by atoms with E-state index >= 15 is 0 Å². The Hall–Kier alpha value is -2.62. The summed E-state index contributed by atoms with van der Waals surface area (Å²) < 4.78 is 4.88. The first-order valence-corrected chi connectivity index (χ1v) is 7.38. The lowest BCUT2D eigenvalue weighted by Gasteiger charge is -2.24. The molecule has 22 heavy (non-hydrogen) atoms. The summed E-state index contributed by atoms with van der Waals surface area (Å²) in [6.07, 6.45) is 2.53. The van der Waals surface area contributed by atoms with E-state index in [0.29, 0.717) is 13.0 Å². The lowest BCUT2D eigenvalue weighted by molar-refractivity contribution is -0.145. The number of esters is 1. The number of carbonyl (C=O) groups excluding carboxylic acids is 1. The van der Waals surface area contributed by atoms with Gasteiger partial charge in [0.1, 0.15) is 0 Å². The minimum atomic E-state index is -0.156. The number of aromatic nitrogens is 1. The van der Waals surface area contributed by atoms with Gasteiger partial charge in [0, 0.05) is 29.2 Å². The third kappa shape index (κ3) is 1.99. The van der Waals surface area contributed by atoms with Crippen LogP contribution in [0.25, 0.3) is 21.7 Å². The average molecular weight is 292 g/mol. The normalized spacial score (nSPS) is 17.0. The van der Waals surface area contributed by atoms with Crippen molar-refractivity contribution in [2.45, 2.75) is 6.42 Å². The third-order valence-electron chi connectivity index (χ3n) is 4.36. The van der Waals surface area contributed by atoms with Crippen LogP contribution in [-0.2, 0) is 16.0 Å². The van der Waals surface area contributed by atoms with Gasteiger partial charge in [0.25, 0.3) is 0 Å². The SMILES string of the molecule is COC(=O)C1CNc2c(cccc3cc4nccc4cc23)C1. The zero-order chi connectivity index (χ0) is 15.1. The van der Waals surface area contributed by atoms with Gasteiger partial charge < -0.3 is 10.1 Å². The number of carbonyl (C=O) groups is 1. The molecular weight excluding hydrogens is 276 g/mol. The number of ether oxygens (including phenoxy) is 1. The molecule has 0 fully saturated rings. The molecule has 0 saturated heterocycles. The molecular formula is C18H16N2O2. The Morgan fingerprint density at radius 2 is 2.18 bits per heavy atom. The summed E-state index contributed by atoms with van der Waals surface area (Å²) in [5, 5.41) is 6.88. The molecule has 1 aliphatic heterocycles. The van der Waals surface area contributed by atoms with Crippen molar-refractivity contribution in [2.75, 3.05) is 19.0 Å². The quantitative estimate of drug-likeness (QED) is 0.700. The number of nitrogens with one attached hydrogen (secondary N) is 1. The molecule has 0 amide bonds. The highest BCUT2D eigenvalue weighted by Crippen LogP contribution is 2.33. The Kier molecular flexibility index (Phi) is 2.96. The molecule has 3 aromatic rings. The van der Waals surface area contributed by atoms with Crippen LogP contribution in [0.3, 0.4) is 0 Å². The molecule has 1 N–H and O–H groups in total. The van der Waals surface area contributed by atoms with E-state index in [0.717, 1.165) is 27.5 Å². The summed E-state index contributed by atoms with van der Waals surface area (Å²) in [4.78, 5) is 16.2. The zero-order valence-electron chi connectivity index (χ0n) is 12.3. The van der Waals surface area contributed by atoms with Crippen LogP contribution in [0.2, 0.25) is 0 Å². The highest BCUT2D eigenvalue weighted by molar-refractivity contribution is 6.03. The summed E-state index contributed by atoms with van der Waals surface area (Å²) in [5.41, 5.74) is 3.27. The Balaban J connectivity index is 1.91. The van der Waals surface area contributed by atoms with E-state index in [2.05, 4.69) is 34.6 Å². The molecule has 2 heterocycles. The molecule has 0 bridgehead atoms. The van der Waals surface area contributed by atoms with Gasteiger partial charge in [-0.15, -0.1) is 0 Å². The predicted molar refractivity (Wildman–Crippen MR) is 86.9 cm³/mol. The number of hydrogen-bond donors (Lipinski definition) is 1. The highest BCUT2D eigenvalue weighted by Gasteiger charge is 2.25. The second-order valence-electron chi connectivity index (χ2n) is 5.67. The monoisotopic (exact) mass is 292 g/mol. The summed E-state index contributed by atoms with van der Waals surface area (Å²) in [5.74, 6) is -0.282. The number of anilines is 1. The number of nitrogens with zero attached hydrogens (tertiary/aromatic N) is 1. The van der Waals surface area contributed by atoms with Crippen molar-refractivity contribution in [1.82, 2.24) is 4.98 Å². The van der Waals surface area contributed by atoms with E-state index in [-0.39, 0.29) is 11.9 Å². The van der Waals surface area contributed by atoms with Crippen molar-refractivity contribution in [3.63, 3.8) is 0 Å². The minimum absolute atomic E-state index is 0.126. The fourth-order valence-corrected chi connectivity index (χ4v) is 3.22. The van der Waals surface area contributed by atoms with Crippen molar-refractivity contribution in [2.24, 2.45) is 5.92 Å². The Morgan fingerprint density at radius 3 is 3.05 bits per heavy atom. The minimum Gasteiger partial charge on any atom is -0.469 e. The molecule has 1 aliphatic rings. The van der Waals surface area contributed by atoms with Gasteiger partial charge in [-0.3, -0.25) is 9.78 Å². The van der Waals surface area contributed by atoms with Gasteiger partial charge in [0.15, 0.2) is 0 Å². The van der Waals surface area contributed by atoms with Gasteiger partial charge in [-0.1, -0.05) is 18.2 Å². The lowest BCUT2D eigenvalue weighted by atomic mass is 9.94. The molecule has 1 unspecified atom stereocenters. The second kappa shape index (κ2) is 4.98. The molecule has 0 radical (unpaired) electrons. The molecule has 1 atom stereocenters. The van der Waals surface area contributed by atoms with Crippen LogP contribution in [0.4, 0.5) is 5.69 Å².